The highest BCUT2D eigenvalue weighted by Gasteiger charge is 2.64. The molecule has 0 spiro atoms. The maximum atomic E-state index is 12.8. The molecule has 1 saturated heterocycles. The second-order valence-corrected chi connectivity index (χ2v) is 9.19. The summed E-state index contributed by atoms with van der Waals surface area (Å²) in [5.41, 5.74) is 6.15. The third kappa shape index (κ3) is 1.95. The summed E-state index contributed by atoms with van der Waals surface area (Å²) in [5, 5.41) is 0. The van der Waals surface area contributed by atoms with E-state index in [2.05, 4.69) is 13.8 Å². The molecule has 3 fully saturated rings. The fraction of sp³-hybridized carbons (Fsp3) is 1.00. The Bertz CT molecular complexity index is 485. The third-order valence-electron chi connectivity index (χ3n) is 6.29. The molecule has 6 heteroatoms. The molecule has 3 aliphatic rings. The van der Waals surface area contributed by atoms with Gasteiger partial charge in [0.25, 0.3) is 0 Å². The number of rotatable bonds is 3. The van der Waals surface area contributed by atoms with Crippen LogP contribution in [0.2, 0.25) is 0 Å². The molecule has 2 bridgehead atoms. The Morgan fingerprint density at radius 1 is 1.30 bits per heavy atom. The smallest absolute Gasteiger partial charge is 0.214 e. The Morgan fingerprint density at radius 3 is 2.45 bits per heavy atom. The van der Waals surface area contributed by atoms with Gasteiger partial charge < -0.3 is 10.5 Å². The average Bonchev–Trinajstić information content (AvgIpc) is 2.73. The normalized spacial score (nSPS) is 41.1. The first-order chi connectivity index (χ1) is 9.30. The fourth-order valence-corrected chi connectivity index (χ4v) is 7.01. The lowest BCUT2D eigenvalue weighted by Crippen LogP contribution is -2.52. The van der Waals surface area contributed by atoms with Crippen molar-refractivity contribution in [3.05, 3.63) is 0 Å². The van der Waals surface area contributed by atoms with Gasteiger partial charge in [-0.05, 0) is 30.6 Å². The predicted octanol–water partition coefficient (Wildman–Crippen LogP) is 0.802. The van der Waals surface area contributed by atoms with Crippen molar-refractivity contribution in [1.82, 2.24) is 4.31 Å². The van der Waals surface area contributed by atoms with Crippen molar-refractivity contribution >= 4 is 10.0 Å². The summed E-state index contributed by atoms with van der Waals surface area (Å²) in [7, 11) is -3.24. The number of morpholine rings is 1. The molecule has 2 aliphatic carbocycles. The van der Waals surface area contributed by atoms with Gasteiger partial charge in [0.05, 0.1) is 19.0 Å². The van der Waals surface area contributed by atoms with Crippen molar-refractivity contribution in [2.75, 3.05) is 32.1 Å². The van der Waals surface area contributed by atoms with Crippen LogP contribution in [0, 0.1) is 16.7 Å². The van der Waals surface area contributed by atoms with E-state index in [1.54, 1.807) is 4.31 Å². The molecule has 2 N–H and O–H groups in total. The Morgan fingerprint density at radius 2 is 1.95 bits per heavy atom. The van der Waals surface area contributed by atoms with Gasteiger partial charge in [0.15, 0.2) is 0 Å². The number of sulfonamides is 1. The highest BCUT2D eigenvalue weighted by atomic mass is 32.2. The molecule has 0 aromatic heterocycles. The summed E-state index contributed by atoms with van der Waals surface area (Å²) >= 11 is 0. The minimum atomic E-state index is -3.24. The monoisotopic (exact) mass is 302 g/mol. The van der Waals surface area contributed by atoms with Crippen LogP contribution in [0.15, 0.2) is 0 Å². The molecule has 20 heavy (non-hydrogen) atoms. The summed E-state index contributed by atoms with van der Waals surface area (Å²) in [6, 6.07) is 0.0204. The summed E-state index contributed by atoms with van der Waals surface area (Å²) < 4.78 is 32.4. The minimum Gasteiger partial charge on any atom is -0.379 e. The zero-order valence-corrected chi connectivity index (χ0v) is 13.3. The number of fused-ring (bicyclic) bond motifs is 2. The van der Waals surface area contributed by atoms with Crippen LogP contribution < -0.4 is 5.73 Å². The SMILES string of the molecule is CC1(C)C2CCC1(CS(=O)(=O)N1CCOCC1)C(N)C2. The zero-order valence-electron chi connectivity index (χ0n) is 12.5. The molecule has 0 aromatic rings. The van der Waals surface area contributed by atoms with Crippen LogP contribution in [0.3, 0.4) is 0 Å². The van der Waals surface area contributed by atoms with Gasteiger partial charge in [0.2, 0.25) is 10.0 Å². The van der Waals surface area contributed by atoms with E-state index in [4.69, 9.17) is 10.5 Å². The summed E-state index contributed by atoms with van der Waals surface area (Å²) in [4.78, 5) is 0. The van der Waals surface area contributed by atoms with E-state index in [-0.39, 0.29) is 22.6 Å². The van der Waals surface area contributed by atoms with Crippen LogP contribution in [0.5, 0.6) is 0 Å². The van der Waals surface area contributed by atoms with E-state index >= 15 is 0 Å². The van der Waals surface area contributed by atoms with Crippen molar-refractivity contribution in [1.29, 1.82) is 0 Å². The van der Waals surface area contributed by atoms with Gasteiger partial charge in [-0.25, -0.2) is 8.42 Å². The van der Waals surface area contributed by atoms with Gasteiger partial charge in [-0.15, -0.1) is 0 Å². The maximum Gasteiger partial charge on any atom is 0.214 e. The number of hydrogen-bond donors (Lipinski definition) is 1. The molecule has 3 rings (SSSR count). The lowest BCUT2D eigenvalue weighted by atomic mass is 9.69. The van der Waals surface area contributed by atoms with Crippen LogP contribution in [0.4, 0.5) is 0 Å². The molecular formula is C14H26N2O3S. The molecule has 3 unspecified atom stereocenters. The number of hydrogen-bond acceptors (Lipinski definition) is 4. The first-order valence-corrected chi connectivity index (χ1v) is 9.22. The summed E-state index contributed by atoms with van der Waals surface area (Å²) in [5.74, 6) is 0.794. The number of ether oxygens (including phenoxy) is 1. The van der Waals surface area contributed by atoms with Crippen molar-refractivity contribution < 1.29 is 13.2 Å². The predicted molar refractivity (Wildman–Crippen MR) is 77.7 cm³/mol. The Hall–Kier alpha value is -0.170. The molecule has 1 heterocycles. The van der Waals surface area contributed by atoms with E-state index in [9.17, 15) is 8.42 Å². The molecule has 3 atom stereocenters. The van der Waals surface area contributed by atoms with E-state index in [0.717, 1.165) is 19.3 Å². The van der Waals surface area contributed by atoms with Crippen molar-refractivity contribution in [3.8, 4) is 0 Å². The first-order valence-electron chi connectivity index (χ1n) is 7.61. The minimum absolute atomic E-state index is 0.0204. The maximum absolute atomic E-state index is 12.8. The quantitative estimate of drug-likeness (QED) is 0.837. The second kappa shape index (κ2) is 4.66. The zero-order chi connectivity index (χ0) is 14.6. The average molecular weight is 302 g/mol. The van der Waals surface area contributed by atoms with E-state index in [1.807, 2.05) is 0 Å². The van der Waals surface area contributed by atoms with Crippen molar-refractivity contribution in [2.24, 2.45) is 22.5 Å². The Balaban J connectivity index is 1.86. The number of nitrogens with zero attached hydrogens (tertiary/aromatic N) is 1. The molecule has 0 aromatic carbocycles. The standard InChI is InChI=1S/C14H26N2O3S/c1-13(2)11-3-4-14(13,12(15)9-11)10-20(17,18)16-5-7-19-8-6-16/h11-12H,3-10,15H2,1-2H3. The van der Waals surface area contributed by atoms with Crippen LogP contribution >= 0.6 is 0 Å². The van der Waals surface area contributed by atoms with E-state index in [0.29, 0.717) is 32.2 Å². The first kappa shape index (κ1) is 14.8. The molecule has 1 aliphatic heterocycles. The Kier molecular flexibility index (Phi) is 3.44. The summed E-state index contributed by atoms with van der Waals surface area (Å²) in [6.45, 7) is 6.41. The van der Waals surface area contributed by atoms with Gasteiger partial charge in [-0.1, -0.05) is 13.8 Å². The highest BCUT2D eigenvalue weighted by Crippen LogP contribution is 2.65. The van der Waals surface area contributed by atoms with E-state index in [1.165, 1.54) is 0 Å². The van der Waals surface area contributed by atoms with Gasteiger partial charge in [-0.2, -0.15) is 4.31 Å². The van der Waals surface area contributed by atoms with Crippen molar-refractivity contribution in [3.63, 3.8) is 0 Å². The van der Waals surface area contributed by atoms with Gasteiger partial charge in [-0.3, -0.25) is 0 Å². The highest BCUT2D eigenvalue weighted by molar-refractivity contribution is 7.89. The lowest BCUT2D eigenvalue weighted by Gasteiger charge is -2.42. The molecule has 5 nitrogen and oxygen atoms in total. The molecule has 0 amide bonds. The Labute approximate surface area is 121 Å². The van der Waals surface area contributed by atoms with Gasteiger partial charge in [0, 0.05) is 24.5 Å². The molecular weight excluding hydrogens is 276 g/mol. The fourth-order valence-electron chi connectivity index (χ4n) is 4.74. The summed E-state index contributed by atoms with van der Waals surface area (Å²) in [6.07, 6.45) is 3.06. The van der Waals surface area contributed by atoms with Crippen LogP contribution in [0.1, 0.15) is 33.1 Å². The van der Waals surface area contributed by atoms with Gasteiger partial charge >= 0.3 is 0 Å². The largest absolute Gasteiger partial charge is 0.379 e. The van der Waals surface area contributed by atoms with E-state index < -0.39 is 10.0 Å². The molecule has 116 valence electrons. The third-order valence-corrected chi connectivity index (χ3v) is 8.33. The second-order valence-electron chi connectivity index (χ2n) is 7.22. The van der Waals surface area contributed by atoms with Crippen molar-refractivity contribution in [2.45, 2.75) is 39.2 Å². The number of nitrogens with two attached hydrogens (primary N) is 1. The van der Waals surface area contributed by atoms with Gasteiger partial charge in [0.1, 0.15) is 0 Å². The lowest BCUT2D eigenvalue weighted by molar-refractivity contribution is 0.0709. The molecule has 2 saturated carbocycles. The molecule has 0 radical (unpaired) electrons. The van der Waals surface area contributed by atoms with Crippen LogP contribution in [-0.2, 0) is 14.8 Å². The van der Waals surface area contributed by atoms with Crippen LogP contribution in [-0.4, -0.2) is 50.8 Å². The topological polar surface area (TPSA) is 72.6 Å². The van der Waals surface area contributed by atoms with Crippen LogP contribution in [0.25, 0.3) is 0 Å².